The largest absolute Gasteiger partial charge is 0.481 e. The average molecular weight is 390 g/mol. The number of carboxylic acids is 1. The summed E-state index contributed by atoms with van der Waals surface area (Å²) in [6, 6.07) is -0.900. The number of thioether (sulfide) groups is 1. The number of likely N-dealkylation sites (tertiary alicyclic amines) is 1. The van der Waals surface area contributed by atoms with Crippen LogP contribution in [0.3, 0.4) is 0 Å². The molecule has 0 radical (unpaired) electrons. The molecule has 0 aromatic rings. The van der Waals surface area contributed by atoms with E-state index in [0.717, 1.165) is 6.42 Å². The van der Waals surface area contributed by atoms with Gasteiger partial charge in [0, 0.05) is 25.0 Å². The highest BCUT2D eigenvalue weighted by Gasteiger charge is 2.63. The maximum absolute atomic E-state index is 15.0. The Labute approximate surface area is 154 Å². The summed E-state index contributed by atoms with van der Waals surface area (Å²) in [6.45, 7) is 5.23. The molecule has 0 bridgehead atoms. The SMILES string of the molecule is C=C1SC2C(C(=O)O)C(=O)C3CC(F)C(N4CCC(N)C4)C(Cl)C3N12. The second kappa shape index (κ2) is 6.11. The molecular weight excluding hydrogens is 369 g/mol. The third-order valence-electron chi connectivity index (χ3n) is 5.96. The molecule has 0 amide bonds. The first-order valence-corrected chi connectivity index (χ1v) is 9.81. The fourth-order valence-corrected chi connectivity index (χ4v) is 6.68. The predicted molar refractivity (Wildman–Crippen MR) is 92.9 cm³/mol. The van der Waals surface area contributed by atoms with E-state index >= 15 is 0 Å². The maximum Gasteiger partial charge on any atom is 0.317 e. The van der Waals surface area contributed by atoms with Gasteiger partial charge in [0.2, 0.25) is 0 Å². The topological polar surface area (TPSA) is 86.9 Å². The van der Waals surface area contributed by atoms with Crippen LogP contribution < -0.4 is 5.73 Å². The number of nitrogens with two attached hydrogens (primary N) is 1. The fraction of sp³-hybridized carbons (Fsp3) is 0.750. The van der Waals surface area contributed by atoms with E-state index in [1.54, 1.807) is 0 Å². The van der Waals surface area contributed by atoms with Crippen molar-refractivity contribution in [3.05, 3.63) is 11.6 Å². The Kier molecular flexibility index (Phi) is 4.30. The number of carboxylic acid groups (broad SMARTS) is 1. The number of nitrogens with zero attached hydrogens (tertiary/aromatic N) is 2. The summed E-state index contributed by atoms with van der Waals surface area (Å²) in [6.07, 6.45) is -0.463. The van der Waals surface area contributed by atoms with Crippen LogP contribution in [0.5, 0.6) is 0 Å². The standard InChI is InChI=1S/C16H21ClFN3O3S/c1-6-21-12-8(14(22)10(16(23)24)15(21)25-6)4-9(18)13(11(12)17)20-3-2-7(19)5-20/h7-13,15H,1-5,19H2,(H,23,24). The number of hydrogen-bond acceptors (Lipinski definition) is 6. The first-order chi connectivity index (χ1) is 11.8. The molecule has 3 N–H and O–H groups in total. The van der Waals surface area contributed by atoms with Crippen molar-refractivity contribution in [3.63, 3.8) is 0 Å². The van der Waals surface area contributed by atoms with Crippen LogP contribution >= 0.6 is 23.4 Å². The number of carbonyl (C=O) groups excluding carboxylic acids is 1. The van der Waals surface area contributed by atoms with E-state index in [-0.39, 0.29) is 12.5 Å². The van der Waals surface area contributed by atoms with Gasteiger partial charge in [0.1, 0.15) is 17.5 Å². The number of aliphatic carboxylic acids is 1. The smallest absolute Gasteiger partial charge is 0.317 e. The molecule has 3 heterocycles. The Morgan fingerprint density at radius 1 is 1.44 bits per heavy atom. The molecule has 6 nitrogen and oxygen atoms in total. The zero-order valence-electron chi connectivity index (χ0n) is 13.6. The molecule has 1 aliphatic carbocycles. The van der Waals surface area contributed by atoms with Crippen LogP contribution in [0.25, 0.3) is 0 Å². The number of alkyl halides is 2. The second-order valence-electron chi connectivity index (χ2n) is 7.36. The zero-order chi connectivity index (χ0) is 18.0. The Balaban J connectivity index is 1.65. The molecule has 9 heteroatoms. The van der Waals surface area contributed by atoms with Crippen LogP contribution in [0.2, 0.25) is 0 Å². The highest BCUT2D eigenvalue weighted by Crippen LogP contribution is 2.55. The number of fused-ring (bicyclic) bond motifs is 3. The summed E-state index contributed by atoms with van der Waals surface area (Å²) < 4.78 is 15.0. The van der Waals surface area contributed by atoms with Gasteiger partial charge in [-0.15, -0.1) is 11.6 Å². The molecule has 1 saturated carbocycles. The maximum atomic E-state index is 15.0. The van der Waals surface area contributed by atoms with Gasteiger partial charge in [0.25, 0.3) is 0 Å². The van der Waals surface area contributed by atoms with Crippen LogP contribution in [0.15, 0.2) is 11.6 Å². The first-order valence-electron chi connectivity index (χ1n) is 8.49. The van der Waals surface area contributed by atoms with E-state index in [1.807, 2.05) is 9.80 Å². The van der Waals surface area contributed by atoms with E-state index in [0.29, 0.717) is 18.1 Å². The number of piperidine rings is 1. The van der Waals surface area contributed by atoms with E-state index in [4.69, 9.17) is 17.3 Å². The van der Waals surface area contributed by atoms with Crippen molar-refractivity contribution in [2.24, 2.45) is 17.6 Å². The van der Waals surface area contributed by atoms with Gasteiger partial charge in [-0.3, -0.25) is 14.5 Å². The molecule has 4 fully saturated rings. The Morgan fingerprint density at radius 3 is 2.72 bits per heavy atom. The third-order valence-corrected chi connectivity index (χ3v) is 7.70. The van der Waals surface area contributed by atoms with Crippen LogP contribution in [-0.4, -0.2) is 74.8 Å². The molecule has 8 unspecified atom stereocenters. The molecule has 4 aliphatic rings. The van der Waals surface area contributed by atoms with Gasteiger partial charge in [-0.1, -0.05) is 18.3 Å². The Hall–Kier alpha value is -0.830. The van der Waals surface area contributed by atoms with Crippen molar-refractivity contribution in [2.75, 3.05) is 13.1 Å². The summed E-state index contributed by atoms with van der Waals surface area (Å²) in [5, 5.41) is 9.06. The van der Waals surface area contributed by atoms with Crippen LogP contribution in [0.4, 0.5) is 4.39 Å². The normalized spacial score (nSPS) is 47.2. The van der Waals surface area contributed by atoms with Crippen molar-refractivity contribution in [2.45, 2.75) is 47.9 Å². The summed E-state index contributed by atoms with van der Waals surface area (Å²) >= 11 is 8.01. The summed E-state index contributed by atoms with van der Waals surface area (Å²) in [4.78, 5) is 28.2. The number of carbonyl (C=O) groups is 2. The molecular formula is C16H21ClFN3O3S. The van der Waals surface area contributed by atoms with Gasteiger partial charge in [-0.2, -0.15) is 0 Å². The Bertz CT molecular complexity index is 638. The summed E-state index contributed by atoms with van der Waals surface area (Å²) in [5.74, 6) is -3.42. The highest BCUT2D eigenvalue weighted by molar-refractivity contribution is 8.05. The quantitative estimate of drug-likeness (QED) is 0.534. The second-order valence-corrected chi connectivity index (χ2v) is 9.05. The molecule has 3 saturated heterocycles. The van der Waals surface area contributed by atoms with E-state index in [1.165, 1.54) is 11.8 Å². The van der Waals surface area contributed by atoms with Gasteiger partial charge < -0.3 is 15.7 Å². The van der Waals surface area contributed by atoms with Gasteiger partial charge in [0.05, 0.1) is 22.5 Å². The number of hydrogen-bond donors (Lipinski definition) is 2. The van der Waals surface area contributed by atoms with Crippen molar-refractivity contribution in [3.8, 4) is 0 Å². The number of ketones is 1. The minimum absolute atomic E-state index is 0.00801. The molecule has 0 aromatic carbocycles. The van der Waals surface area contributed by atoms with Gasteiger partial charge in [0.15, 0.2) is 5.78 Å². The minimum Gasteiger partial charge on any atom is -0.481 e. The van der Waals surface area contributed by atoms with Gasteiger partial charge in [-0.25, -0.2) is 4.39 Å². The van der Waals surface area contributed by atoms with E-state index in [2.05, 4.69) is 6.58 Å². The molecule has 3 aliphatic heterocycles. The number of rotatable bonds is 2. The van der Waals surface area contributed by atoms with E-state index < -0.39 is 52.6 Å². The van der Waals surface area contributed by atoms with Crippen molar-refractivity contribution in [1.82, 2.24) is 9.80 Å². The Morgan fingerprint density at radius 2 is 2.16 bits per heavy atom. The van der Waals surface area contributed by atoms with Crippen molar-refractivity contribution < 1.29 is 19.1 Å². The average Bonchev–Trinajstić information content (AvgIpc) is 2.94. The lowest BCUT2D eigenvalue weighted by Gasteiger charge is -2.60. The number of Topliss-reactive ketones (excluding diaryl/α,β-unsaturated/α-hetero) is 1. The number of halogens is 2. The van der Waals surface area contributed by atoms with Crippen LogP contribution in [0, 0.1) is 11.8 Å². The van der Waals surface area contributed by atoms with Crippen molar-refractivity contribution in [1.29, 1.82) is 0 Å². The molecule has 0 spiro atoms. The molecule has 138 valence electrons. The molecule has 4 rings (SSSR count). The lowest BCUT2D eigenvalue weighted by atomic mass is 9.71. The van der Waals surface area contributed by atoms with Gasteiger partial charge in [-0.05, 0) is 12.8 Å². The van der Waals surface area contributed by atoms with Crippen LogP contribution in [-0.2, 0) is 9.59 Å². The zero-order valence-corrected chi connectivity index (χ0v) is 15.1. The van der Waals surface area contributed by atoms with E-state index in [9.17, 15) is 19.1 Å². The van der Waals surface area contributed by atoms with Crippen LogP contribution in [0.1, 0.15) is 12.8 Å². The van der Waals surface area contributed by atoms with Gasteiger partial charge >= 0.3 is 5.97 Å². The summed E-state index contributed by atoms with van der Waals surface area (Å²) in [5.41, 5.74) is 5.96. The monoisotopic (exact) mass is 389 g/mol. The lowest BCUT2D eigenvalue weighted by molar-refractivity contribution is -0.156. The highest BCUT2D eigenvalue weighted by atomic mass is 35.5. The minimum atomic E-state index is -1.27. The molecule has 8 atom stereocenters. The first kappa shape index (κ1) is 17.6. The molecule has 0 aromatic heterocycles. The lowest BCUT2D eigenvalue weighted by Crippen LogP contribution is -2.71. The predicted octanol–water partition coefficient (Wildman–Crippen LogP) is 0.852. The third kappa shape index (κ3) is 2.52. The fourth-order valence-electron chi connectivity index (χ4n) is 4.82. The summed E-state index contributed by atoms with van der Waals surface area (Å²) in [7, 11) is 0. The van der Waals surface area contributed by atoms with Crippen molar-refractivity contribution >= 4 is 35.1 Å². The molecule has 25 heavy (non-hydrogen) atoms.